The molecule has 2 aromatic heterocycles. The highest BCUT2D eigenvalue weighted by Gasteiger charge is 2.50. The van der Waals surface area contributed by atoms with E-state index < -0.39 is 32.1 Å². The first-order chi connectivity index (χ1) is 13.4. The summed E-state index contributed by atoms with van der Waals surface area (Å²) in [5.74, 6) is -0.0597. The van der Waals surface area contributed by atoms with Gasteiger partial charge in [0.05, 0.1) is 6.61 Å². The van der Waals surface area contributed by atoms with Crippen LogP contribution < -0.4 is 10.9 Å². The molecule has 2 unspecified atom stereocenters. The molecule has 0 bridgehead atoms. The Morgan fingerprint density at radius 1 is 1.36 bits per heavy atom. The number of fused-ring (bicyclic) bond motifs is 3. The minimum Gasteiger partial charge on any atom is -0.386 e. The third-order valence-electron chi connectivity index (χ3n) is 4.92. The van der Waals surface area contributed by atoms with E-state index in [9.17, 15) is 14.7 Å². The van der Waals surface area contributed by atoms with Crippen molar-refractivity contribution in [3.8, 4) is 0 Å². The number of hydrogen-bond acceptors (Lipinski definition) is 9. The summed E-state index contributed by atoms with van der Waals surface area (Å²) in [7, 11) is -1.39. The number of ether oxygens (including phenoxy) is 1. The Morgan fingerprint density at radius 3 is 3.00 bits per heavy atom. The molecule has 2 aromatic rings. The van der Waals surface area contributed by atoms with Gasteiger partial charge in [-0.2, -0.15) is 4.98 Å². The number of carbonyl (C=O) groups excluding carboxylic acids is 1. The van der Waals surface area contributed by atoms with Crippen molar-refractivity contribution >= 4 is 58.8 Å². The van der Waals surface area contributed by atoms with Gasteiger partial charge in [-0.25, -0.2) is 4.98 Å². The summed E-state index contributed by atoms with van der Waals surface area (Å²) in [6, 6.07) is 0. The van der Waals surface area contributed by atoms with Gasteiger partial charge in [-0.1, -0.05) is 12.2 Å². The summed E-state index contributed by atoms with van der Waals surface area (Å²) < 4.78 is 20.0. The SMILES string of the molecule is O=C1CCCn2c(nc3c(nc(Br)n3[C@@H]3OC4COP(S)O[C@H]4[C@@H]3O)c2=O)N1. The summed E-state index contributed by atoms with van der Waals surface area (Å²) >= 11 is 7.51. The molecule has 14 heteroatoms. The summed E-state index contributed by atoms with van der Waals surface area (Å²) in [4.78, 5) is 33.5. The van der Waals surface area contributed by atoms with Crippen molar-refractivity contribution in [1.82, 2.24) is 19.1 Å². The monoisotopic (exact) mass is 491 g/mol. The number of aliphatic hydroxyl groups is 1. The highest BCUT2D eigenvalue weighted by Crippen LogP contribution is 2.52. The van der Waals surface area contributed by atoms with Gasteiger partial charge < -0.3 is 18.9 Å². The Morgan fingerprint density at radius 2 is 2.18 bits per heavy atom. The second-order valence-corrected chi connectivity index (χ2v) is 9.26. The smallest absolute Gasteiger partial charge is 0.283 e. The molecule has 0 aromatic carbocycles. The van der Waals surface area contributed by atoms with Crippen LogP contribution in [0.1, 0.15) is 19.1 Å². The van der Waals surface area contributed by atoms with Crippen LogP contribution >= 0.6 is 35.8 Å². The second kappa shape index (κ2) is 7.01. The summed E-state index contributed by atoms with van der Waals surface area (Å²) in [5.41, 5.74) is -0.0573. The van der Waals surface area contributed by atoms with Crippen LogP contribution in [0.5, 0.6) is 0 Å². The van der Waals surface area contributed by atoms with Crippen LogP contribution in [0.4, 0.5) is 5.95 Å². The quantitative estimate of drug-likeness (QED) is 0.305. The lowest BCUT2D eigenvalue weighted by atomic mass is 10.1. The molecular formula is C14H15BrN5O6PS. The number of nitrogens with one attached hydrogen (secondary N) is 1. The largest absolute Gasteiger partial charge is 0.386 e. The van der Waals surface area contributed by atoms with E-state index in [2.05, 4.69) is 43.5 Å². The molecule has 5 heterocycles. The number of aliphatic hydroxyl groups excluding tert-OH is 1. The van der Waals surface area contributed by atoms with Crippen molar-refractivity contribution in [2.24, 2.45) is 0 Å². The van der Waals surface area contributed by atoms with Crippen LogP contribution in [0.2, 0.25) is 0 Å². The highest BCUT2D eigenvalue weighted by atomic mass is 79.9. The van der Waals surface area contributed by atoms with E-state index >= 15 is 0 Å². The van der Waals surface area contributed by atoms with E-state index in [0.29, 0.717) is 19.4 Å². The van der Waals surface area contributed by atoms with Crippen molar-refractivity contribution < 1.29 is 23.7 Å². The van der Waals surface area contributed by atoms with Gasteiger partial charge in [-0.15, -0.1) is 0 Å². The normalized spacial score (nSPS) is 32.7. The van der Waals surface area contributed by atoms with Gasteiger partial charge in [-0.3, -0.25) is 24.0 Å². The summed E-state index contributed by atoms with van der Waals surface area (Å²) in [6.45, 7) is 0.600. The van der Waals surface area contributed by atoms with Gasteiger partial charge in [0.1, 0.15) is 18.3 Å². The zero-order valence-electron chi connectivity index (χ0n) is 14.2. The predicted octanol–water partition coefficient (Wildman–Crippen LogP) is 0.918. The molecule has 1 amide bonds. The average Bonchev–Trinajstić information content (AvgIpc) is 3.06. The average molecular weight is 492 g/mol. The first-order valence-corrected chi connectivity index (χ1v) is 11.7. The van der Waals surface area contributed by atoms with Crippen LogP contribution in [0.15, 0.2) is 9.53 Å². The molecule has 2 N–H and O–H groups in total. The first kappa shape index (κ1) is 18.9. The first-order valence-electron chi connectivity index (χ1n) is 8.54. The second-order valence-electron chi connectivity index (χ2n) is 6.63. The molecule has 3 aliphatic heterocycles. The molecule has 5 atom stereocenters. The number of thiol groups is 1. The minimum atomic E-state index is -1.39. The number of aromatic nitrogens is 4. The topological polar surface area (TPSA) is 130 Å². The maximum Gasteiger partial charge on any atom is 0.283 e. The molecule has 0 saturated carbocycles. The Balaban J connectivity index is 1.62. The van der Waals surface area contributed by atoms with Crippen molar-refractivity contribution in [2.75, 3.05) is 11.9 Å². The van der Waals surface area contributed by atoms with E-state index in [1.807, 2.05) is 0 Å². The van der Waals surface area contributed by atoms with Crippen LogP contribution in [0.25, 0.3) is 11.2 Å². The van der Waals surface area contributed by atoms with Gasteiger partial charge in [0.25, 0.3) is 5.56 Å². The van der Waals surface area contributed by atoms with Gasteiger partial charge in [0, 0.05) is 13.0 Å². The van der Waals surface area contributed by atoms with Gasteiger partial charge in [0.2, 0.25) is 19.4 Å². The van der Waals surface area contributed by atoms with E-state index in [0.717, 1.165) is 0 Å². The molecule has 0 aliphatic carbocycles. The molecule has 11 nitrogen and oxygen atoms in total. The number of imidazole rings is 1. The van der Waals surface area contributed by atoms with Crippen molar-refractivity contribution in [3.63, 3.8) is 0 Å². The fraction of sp³-hybridized carbons (Fsp3) is 0.571. The Bertz CT molecular complexity index is 1030. The van der Waals surface area contributed by atoms with Crippen LogP contribution in [-0.2, 0) is 25.1 Å². The molecular weight excluding hydrogens is 477 g/mol. The van der Waals surface area contributed by atoms with Gasteiger partial charge in [0.15, 0.2) is 22.1 Å². The molecule has 28 heavy (non-hydrogen) atoms. The minimum absolute atomic E-state index is 0.117. The number of nitrogens with zero attached hydrogens (tertiary/aromatic N) is 4. The zero-order valence-corrected chi connectivity index (χ0v) is 17.6. The standard InChI is InChI=1S/C14H15BrN5O6PS/c15-13-17-7-10(18-14-16-6(21)2-1-3-19(14)11(7)23)20(13)12-8(22)9-5(25-12)4-24-27(28)26-9/h5,8-9,12,22,28H,1-4H2,(H,16,18,21)/t5?,8-,9+,12+,27?/m0/s1. The van der Waals surface area contributed by atoms with Gasteiger partial charge in [-0.05, 0) is 22.4 Å². The number of halogens is 1. The molecule has 0 spiro atoms. The maximum absolute atomic E-state index is 12.9. The Hall–Kier alpha value is -1.08. The van der Waals surface area contributed by atoms with E-state index in [4.69, 9.17) is 13.8 Å². The van der Waals surface area contributed by atoms with Crippen molar-refractivity contribution in [3.05, 3.63) is 15.1 Å². The fourth-order valence-corrected chi connectivity index (χ4v) is 5.49. The van der Waals surface area contributed by atoms with Gasteiger partial charge >= 0.3 is 0 Å². The number of anilines is 1. The van der Waals surface area contributed by atoms with Crippen molar-refractivity contribution in [2.45, 2.75) is 43.9 Å². The van der Waals surface area contributed by atoms with E-state index in [1.165, 1.54) is 9.13 Å². The lowest BCUT2D eigenvalue weighted by molar-refractivity contribution is -0.116. The predicted molar refractivity (Wildman–Crippen MR) is 104 cm³/mol. The highest BCUT2D eigenvalue weighted by molar-refractivity contribution is 9.10. The molecule has 2 saturated heterocycles. The molecule has 2 fully saturated rings. The molecule has 5 rings (SSSR count). The number of carbonyl (C=O) groups is 1. The fourth-order valence-electron chi connectivity index (χ4n) is 3.61. The van der Waals surface area contributed by atoms with Crippen molar-refractivity contribution in [1.29, 1.82) is 0 Å². The molecule has 150 valence electrons. The molecule has 0 radical (unpaired) electrons. The number of rotatable bonds is 1. The van der Waals surface area contributed by atoms with Crippen LogP contribution in [0.3, 0.4) is 0 Å². The zero-order chi connectivity index (χ0) is 19.6. The van der Waals surface area contributed by atoms with E-state index in [1.54, 1.807) is 0 Å². The van der Waals surface area contributed by atoms with E-state index in [-0.39, 0.29) is 39.9 Å². The van der Waals surface area contributed by atoms with Crippen LogP contribution in [0, 0.1) is 0 Å². The summed E-state index contributed by atoms with van der Waals surface area (Å²) in [5, 5.41) is 13.4. The molecule has 3 aliphatic rings. The Kier molecular flexibility index (Phi) is 4.74. The lowest BCUT2D eigenvalue weighted by Gasteiger charge is -2.28. The summed E-state index contributed by atoms with van der Waals surface area (Å²) in [6.07, 6.45) is -2.21. The number of amides is 1. The Labute approximate surface area is 172 Å². The third-order valence-corrected chi connectivity index (χ3v) is 6.90. The lowest BCUT2D eigenvalue weighted by Crippen LogP contribution is -2.37. The van der Waals surface area contributed by atoms with Crippen LogP contribution in [-0.4, -0.2) is 55.0 Å². The maximum atomic E-state index is 12.9. The number of hydrogen-bond donors (Lipinski definition) is 3. The third kappa shape index (κ3) is 2.92.